The molecule has 1 atom stereocenters. The van der Waals surface area contributed by atoms with Crippen LogP contribution in [-0.2, 0) is 22.5 Å². The van der Waals surface area contributed by atoms with E-state index in [0.29, 0.717) is 6.54 Å². The molecule has 0 saturated carbocycles. The topological polar surface area (TPSA) is 48.6 Å². The molecule has 1 fully saturated rings. The number of carbonyl (C=O) groups excluding carboxylic acids is 1. The molecule has 24 heavy (non-hydrogen) atoms. The van der Waals surface area contributed by atoms with E-state index in [0.717, 1.165) is 39.3 Å². The van der Waals surface area contributed by atoms with Crippen molar-refractivity contribution in [2.75, 3.05) is 32.8 Å². The van der Waals surface area contributed by atoms with E-state index in [2.05, 4.69) is 35.0 Å². The molecule has 5 heteroatoms. The van der Waals surface area contributed by atoms with Crippen LogP contribution in [0, 0.1) is 6.92 Å². The number of amides is 1. The zero-order valence-electron chi connectivity index (χ0n) is 14.5. The number of aromatic nitrogens is 1. The Labute approximate surface area is 142 Å². The van der Waals surface area contributed by atoms with Crippen molar-refractivity contribution in [1.82, 2.24) is 14.8 Å². The van der Waals surface area contributed by atoms with E-state index in [1.165, 1.54) is 27.7 Å². The Balaban J connectivity index is 1.56. The number of hydrogen-bond donors (Lipinski definition) is 1. The largest absolute Gasteiger partial charge is 0.379 e. The fourth-order valence-corrected chi connectivity index (χ4v) is 3.96. The molecule has 3 heterocycles. The first-order chi connectivity index (χ1) is 11.6. The van der Waals surface area contributed by atoms with Crippen LogP contribution >= 0.6 is 0 Å². The Bertz CT molecular complexity index is 761. The van der Waals surface area contributed by atoms with Gasteiger partial charge < -0.3 is 14.6 Å². The molecule has 5 nitrogen and oxygen atoms in total. The second-order valence-corrected chi connectivity index (χ2v) is 6.91. The van der Waals surface area contributed by atoms with Crippen LogP contribution in [0.5, 0.6) is 0 Å². The van der Waals surface area contributed by atoms with Gasteiger partial charge in [0.1, 0.15) is 0 Å². The van der Waals surface area contributed by atoms with Crippen molar-refractivity contribution < 1.29 is 9.53 Å². The summed E-state index contributed by atoms with van der Waals surface area (Å²) in [5.74, 6) is 0.240. The predicted molar refractivity (Wildman–Crippen MR) is 94.0 cm³/mol. The van der Waals surface area contributed by atoms with Gasteiger partial charge in [0, 0.05) is 54.8 Å². The lowest BCUT2D eigenvalue weighted by molar-refractivity contribution is -0.139. The molecule has 1 amide bonds. The number of aromatic amines is 1. The van der Waals surface area contributed by atoms with Gasteiger partial charge >= 0.3 is 0 Å². The van der Waals surface area contributed by atoms with Crippen molar-refractivity contribution in [3.63, 3.8) is 0 Å². The minimum Gasteiger partial charge on any atom is -0.379 e. The number of morpholine rings is 1. The third-order valence-electron chi connectivity index (χ3n) is 5.48. The van der Waals surface area contributed by atoms with Crippen LogP contribution in [0.4, 0.5) is 0 Å². The quantitative estimate of drug-likeness (QED) is 0.919. The molecule has 1 aromatic carbocycles. The van der Waals surface area contributed by atoms with Crippen LogP contribution in [0.15, 0.2) is 18.2 Å². The van der Waals surface area contributed by atoms with Crippen LogP contribution in [-0.4, -0.2) is 59.6 Å². The number of H-pyrrole nitrogens is 1. The fourth-order valence-electron chi connectivity index (χ4n) is 3.96. The van der Waals surface area contributed by atoms with Crippen LogP contribution in [0.25, 0.3) is 10.9 Å². The lowest BCUT2D eigenvalue weighted by Gasteiger charge is -2.36. The normalized spacial score (nSPS) is 20.2. The van der Waals surface area contributed by atoms with Gasteiger partial charge in [-0.2, -0.15) is 0 Å². The molecule has 0 bridgehead atoms. The van der Waals surface area contributed by atoms with E-state index >= 15 is 0 Å². The third-order valence-corrected chi connectivity index (χ3v) is 5.48. The maximum Gasteiger partial charge on any atom is 0.239 e. The standard InChI is InChI=1S/C19H25N3O2/c1-13-4-3-5-15-16-12-22(7-6-17(16)20-18(13)15)19(23)14(2)21-8-10-24-11-9-21/h3-5,14,20H,6-12H2,1-2H3/t14-/m1/s1. The molecular formula is C19H25N3O2. The number of rotatable bonds is 2. The number of ether oxygens (including phenoxy) is 1. The maximum atomic E-state index is 13.0. The summed E-state index contributed by atoms with van der Waals surface area (Å²) in [6, 6.07) is 6.33. The third kappa shape index (κ3) is 2.62. The van der Waals surface area contributed by atoms with Gasteiger partial charge in [0.05, 0.1) is 19.3 Å². The van der Waals surface area contributed by atoms with Crippen molar-refractivity contribution in [1.29, 1.82) is 0 Å². The second-order valence-electron chi connectivity index (χ2n) is 6.91. The van der Waals surface area contributed by atoms with E-state index in [-0.39, 0.29) is 11.9 Å². The van der Waals surface area contributed by atoms with Crippen molar-refractivity contribution in [2.45, 2.75) is 32.9 Å². The molecule has 0 radical (unpaired) electrons. The summed E-state index contributed by atoms with van der Waals surface area (Å²) in [5.41, 5.74) is 5.07. The maximum absolute atomic E-state index is 13.0. The van der Waals surface area contributed by atoms with Gasteiger partial charge in [-0.1, -0.05) is 18.2 Å². The molecule has 0 unspecified atom stereocenters. The van der Waals surface area contributed by atoms with E-state index < -0.39 is 0 Å². The average Bonchev–Trinajstić information content (AvgIpc) is 3.00. The molecule has 128 valence electrons. The number of fused-ring (bicyclic) bond motifs is 3. The summed E-state index contributed by atoms with van der Waals surface area (Å²) < 4.78 is 5.40. The Hall–Kier alpha value is -1.85. The highest BCUT2D eigenvalue weighted by Crippen LogP contribution is 2.29. The summed E-state index contributed by atoms with van der Waals surface area (Å²) >= 11 is 0. The lowest BCUT2D eigenvalue weighted by Crippen LogP contribution is -2.51. The monoisotopic (exact) mass is 327 g/mol. The molecular weight excluding hydrogens is 302 g/mol. The van der Waals surface area contributed by atoms with Crippen LogP contribution in [0.1, 0.15) is 23.7 Å². The lowest BCUT2D eigenvalue weighted by atomic mass is 10.0. The van der Waals surface area contributed by atoms with Gasteiger partial charge in [0.15, 0.2) is 0 Å². The highest BCUT2D eigenvalue weighted by Gasteiger charge is 2.30. The second kappa shape index (κ2) is 6.22. The van der Waals surface area contributed by atoms with Gasteiger partial charge in [-0.25, -0.2) is 0 Å². The molecule has 4 rings (SSSR count). The Kier molecular flexibility index (Phi) is 4.06. The van der Waals surface area contributed by atoms with Crippen LogP contribution < -0.4 is 0 Å². The zero-order valence-corrected chi connectivity index (χ0v) is 14.5. The SMILES string of the molecule is Cc1cccc2c3c([nH]c12)CCN(C(=O)[C@@H](C)N1CCOCC1)C3. The van der Waals surface area contributed by atoms with Crippen molar-refractivity contribution in [3.05, 3.63) is 35.0 Å². The van der Waals surface area contributed by atoms with Gasteiger partial charge in [-0.05, 0) is 19.4 Å². The number of benzene rings is 1. The number of nitrogens with zero attached hydrogens (tertiary/aromatic N) is 2. The first-order valence-corrected chi connectivity index (χ1v) is 8.85. The first-order valence-electron chi connectivity index (χ1n) is 8.85. The molecule has 2 aromatic rings. The van der Waals surface area contributed by atoms with Gasteiger partial charge in [0.25, 0.3) is 0 Å². The molecule has 2 aliphatic heterocycles. The number of carbonyl (C=O) groups is 1. The predicted octanol–water partition coefficient (Wildman–Crippen LogP) is 2.08. The summed E-state index contributed by atoms with van der Waals surface area (Å²) in [7, 11) is 0. The molecule has 0 aliphatic carbocycles. The number of aryl methyl sites for hydroxylation is 1. The molecule has 1 saturated heterocycles. The summed E-state index contributed by atoms with van der Waals surface area (Å²) in [5, 5.41) is 1.27. The highest BCUT2D eigenvalue weighted by molar-refractivity contribution is 5.89. The summed E-state index contributed by atoms with van der Waals surface area (Å²) in [6.45, 7) is 8.82. The summed E-state index contributed by atoms with van der Waals surface area (Å²) in [6.07, 6.45) is 0.908. The number of nitrogens with one attached hydrogen (secondary N) is 1. The molecule has 2 aliphatic rings. The molecule has 0 spiro atoms. The first kappa shape index (κ1) is 15.7. The Morgan fingerprint density at radius 1 is 1.25 bits per heavy atom. The Morgan fingerprint density at radius 2 is 2.04 bits per heavy atom. The van der Waals surface area contributed by atoms with Gasteiger partial charge in [-0.15, -0.1) is 0 Å². The average molecular weight is 327 g/mol. The van der Waals surface area contributed by atoms with E-state index in [1.54, 1.807) is 0 Å². The number of para-hydroxylation sites is 1. The van der Waals surface area contributed by atoms with Gasteiger partial charge in [-0.3, -0.25) is 9.69 Å². The number of hydrogen-bond acceptors (Lipinski definition) is 3. The smallest absolute Gasteiger partial charge is 0.239 e. The molecule has 1 aromatic heterocycles. The van der Waals surface area contributed by atoms with Crippen molar-refractivity contribution >= 4 is 16.8 Å². The van der Waals surface area contributed by atoms with E-state index in [1.807, 2.05) is 11.8 Å². The van der Waals surface area contributed by atoms with E-state index in [4.69, 9.17) is 4.74 Å². The Morgan fingerprint density at radius 3 is 2.83 bits per heavy atom. The highest BCUT2D eigenvalue weighted by atomic mass is 16.5. The minimum absolute atomic E-state index is 0.0672. The fraction of sp³-hybridized carbons (Fsp3) is 0.526. The van der Waals surface area contributed by atoms with Crippen LogP contribution in [0.3, 0.4) is 0 Å². The molecule has 1 N–H and O–H groups in total. The van der Waals surface area contributed by atoms with Crippen LogP contribution in [0.2, 0.25) is 0 Å². The van der Waals surface area contributed by atoms with Crippen molar-refractivity contribution in [3.8, 4) is 0 Å². The van der Waals surface area contributed by atoms with Crippen molar-refractivity contribution in [2.24, 2.45) is 0 Å². The van der Waals surface area contributed by atoms with E-state index in [9.17, 15) is 4.79 Å². The summed E-state index contributed by atoms with van der Waals surface area (Å²) in [4.78, 5) is 20.8. The minimum atomic E-state index is -0.0672. The van der Waals surface area contributed by atoms with Gasteiger partial charge in [0.2, 0.25) is 5.91 Å². The zero-order chi connectivity index (χ0) is 16.7.